The standard InChI is InChI=1S/C9H20O.3Na.O5P2/c1-2-3-4-5-6-7-8-9-10;;;;1-6(2)5-7(3)4/h10H,2-9H2,1H3;;;;/q;3*+1;. The molecular weight excluding hydrogens is 335 g/mol. The van der Waals surface area contributed by atoms with Crippen molar-refractivity contribution in [3.63, 3.8) is 0 Å². The number of unbranched alkanes of at least 4 members (excludes halogenated alkanes) is 6. The van der Waals surface area contributed by atoms with Gasteiger partial charge in [-0.25, -0.2) is 0 Å². The van der Waals surface area contributed by atoms with Crippen LogP contribution in [0.25, 0.3) is 0 Å². The molecule has 0 aromatic rings. The van der Waals surface area contributed by atoms with Crippen molar-refractivity contribution in [2.24, 2.45) is 0 Å². The van der Waals surface area contributed by atoms with Crippen molar-refractivity contribution in [1.29, 1.82) is 0 Å². The Kier molecular flexibility index (Phi) is 51.6. The summed E-state index contributed by atoms with van der Waals surface area (Å²) in [6.07, 6.45) is 8.93. The van der Waals surface area contributed by atoms with E-state index in [1.807, 2.05) is 0 Å². The van der Waals surface area contributed by atoms with E-state index in [4.69, 9.17) is 5.11 Å². The predicted molar refractivity (Wildman–Crippen MR) is 61.4 cm³/mol. The molecule has 0 aromatic heterocycles. The maximum Gasteiger partial charge on any atom is 1.00 e. The average Bonchev–Trinajstić information content (AvgIpc) is 2.22. The summed E-state index contributed by atoms with van der Waals surface area (Å²) in [6, 6.07) is 0. The molecule has 0 spiro atoms. The first-order valence-electron chi connectivity index (χ1n) is 5.62. The van der Waals surface area contributed by atoms with Gasteiger partial charge in [-0.2, -0.15) is 0 Å². The Balaban J connectivity index is -0.0000000681. The molecule has 6 nitrogen and oxygen atoms in total. The molecule has 0 heterocycles. The Labute approximate surface area is 189 Å². The van der Waals surface area contributed by atoms with Crippen LogP contribution in [0.15, 0.2) is 0 Å². The van der Waals surface area contributed by atoms with Gasteiger partial charge in [0.15, 0.2) is 0 Å². The van der Waals surface area contributed by atoms with Crippen LogP contribution in [0, 0.1) is 0 Å². The third kappa shape index (κ3) is 42.9. The van der Waals surface area contributed by atoms with Crippen LogP contribution in [-0.2, 0) is 13.4 Å². The van der Waals surface area contributed by atoms with E-state index in [-0.39, 0.29) is 88.7 Å². The van der Waals surface area contributed by atoms with Gasteiger partial charge in [0.1, 0.15) is 4.31 Å². The van der Waals surface area contributed by atoms with Gasteiger partial charge in [0, 0.05) is 6.61 Å². The van der Waals surface area contributed by atoms with Crippen molar-refractivity contribution >= 4 is 16.5 Å². The van der Waals surface area contributed by atoms with Crippen molar-refractivity contribution in [3.05, 3.63) is 0 Å². The van der Waals surface area contributed by atoms with Crippen LogP contribution in [-0.4, -0.2) is 11.7 Å². The number of hydrogen-bond donors (Lipinski definition) is 1. The van der Waals surface area contributed by atoms with Crippen LogP contribution in [0.2, 0.25) is 0 Å². The summed E-state index contributed by atoms with van der Waals surface area (Å²) in [5.41, 5.74) is 0. The molecule has 0 saturated heterocycles. The fourth-order valence-corrected chi connectivity index (χ4v) is 1.56. The summed E-state index contributed by atoms with van der Waals surface area (Å²) < 4.78 is 21.6. The number of hydrogen-bond acceptors (Lipinski definition) is 6. The molecule has 0 amide bonds. The molecule has 0 aliphatic carbocycles. The molecule has 0 aromatic carbocycles. The average molecular weight is 355 g/mol. The smallest absolute Gasteiger partial charge is 0.563 e. The normalized spacial score (nSPS) is 9.80. The zero-order valence-electron chi connectivity index (χ0n) is 13.0. The van der Waals surface area contributed by atoms with Gasteiger partial charge >= 0.3 is 105 Å². The molecule has 2 unspecified atom stereocenters. The van der Waals surface area contributed by atoms with Crippen molar-refractivity contribution in [1.82, 2.24) is 0 Å². The molecule has 11 heteroatoms. The van der Waals surface area contributed by atoms with Gasteiger partial charge < -0.3 is 14.9 Å². The molecule has 102 valence electrons. The topological polar surface area (TPSA) is 110 Å². The van der Waals surface area contributed by atoms with Gasteiger partial charge in [0.2, 0.25) is 0 Å². The second kappa shape index (κ2) is 30.0. The van der Waals surface area contributed by atoms with E-state index in [1.165, 1.54) is 38.5 Å². The van der Waals surface area contributed by atoms with Crippen LogP contribution in [0.5, 0.6) is 0 Å². The summed E-state index contributed by atoms with van der Waals surface area (Å²) >= 11 is 0. The predicted octanol–water partition coefficient (Wildman–Crippen LogP) is -7.22. The van der Waals surface area contributed by atoms with Crippen molar-refractivity contribution < 1.29 is 117 Å². The molecule has 20 heavy (non-hydrogen) atoms. The zero-order chi connectivity index (χ0) is 13.5. The first-order valence-corrected chi connectivity index (χ1v) is 7.81. The number of aliphatic hydroxyl groups is 1. The molecule has 0 bridgehead atoms. The van der Waals surface area contributed by atoms with Gasteiger partial charge in [-0.05, 0) is 15.6 Å². The van der Waals surface area contributed by atoms with E-state index in [2.05, 4.69) is 11.2 Å². The second-order valence-corrected chi connectivity index (χ2v) is 4.92. The third-order valence-corrected chi connectivity index (χ3v) is 2.96. The second-order valence-electron chi connectivity index (χ2n) is 3.37. The molecule has 0 radical (unpaired) electrons. The van der Waals surface area contributed by atoms with E-state index in [0.717, 1.165) is 6.42 Å². The fraction of sp³-hybridized carbons (Fsp3) is 1.00. The first kappa shape index (κ1) is 34.4. The minimum absolute atomic E-state index is 0. The molecule has 0 rings (SSSR count). The van der Waals surface area contributed by atoms with Gasteiger partial charge in [0.25, 0.3) is 0 Å². The largest absolute Gasteiger partial charge is 1.00 e. The van der Waals surface area contributed by atoms with Gasteiger partial charge in [0.05, 0.1) is 0 Å². The minimum Gasteiger partial charge on any atom is -0.563 e. The van der Waals surface area contributed by atoms with Crippen molar-refractivity contribution in [2.45, 2.75) is 51.9 Å². The molecule has 1 N–H and O–H groups in total. The Hall–Kier alpha value is 3.04. The van der Waals surface area contributed by atoms with Crippen LogP contribution < -0.4 is 98.5 Å². The van der Waals surface area contributed by atoms with Gasteiger partial charge in [-0.1, -0.05) is 45.4 Å². The van der Waals surface area contributed by atoms with E-state index in [1.54, 1.807) is 0 Å². The molecule has 0 fully saturated rings. The molecule has 0 aliphatic heterocycles. The third-order valence-electron chi connectivity index (χ3n) is 1.90. The van der Waals surface area contributed by atoms with Gasteiger partial charge in [-0.15, -0.1) is 0 Å². The van der Waals surface area contributed by atoms with Crippen molar-refractivity contribution in [2.75, 3.05) is 6.61 Å². The summed E-state index contributed by atoms with van der Waals surface area (Å²) in [6.45, 7) is 2.60. The monoisotopic (exact) mass is 355 g/mol. The maximum absolute atomic E-state index is 9.24. The van der Waals surface area contributed by atoms with Crippen molar-refractivity contribution in [3.8, 4) is 0 Å². The van der Waals surface area contributed by atoms with Crippen LogP contribution in [0.1, 0.15) is 51.9 Å². The van der Waals surface area contributed by atoms with E-state index >= 15 is 0 Å². The molecule has 0 saturated carbocycles. The SMILES string of the molecule is CCCCCCCCCO.O=[P+]([O-])O[P+](=O)[O-].[Na+].[Na+].[Na+]. The fourth-order valence-electron chi connectivity index (χ4n) is 1.12. The van der Waals surface area contributed by atoms with E-state index in [9.17, 15) is 18.9 Å². The van der Waals surface area contributed by atoms with E-state index < -0.39 is 16.5 Å². The van der Waals surface area contributed by atoms with Crippen LogP contribution in [0.4, 0.5) is 0 Å². The van der Waals surface area contributed by atoms with Crippen LogP contribution in [0.3, 0.4) is 0 Å². The molecule has 0 aliphatic rings. The van der Waals surface area contributed by atoms with Gasteiger partial charge in [-0.3, -0.25) is 0 Å². The molecular formula is C9H20Na3O6P2+3. The number of aliphatic hydroxyl groups excluding tert-OH is 1. The summed E-state index contributed by atoms with van der Waals surface area (Å²) in [4.78, 5) is 18.5. The van der Waals surface area contributed by atoms with E-state index in [0.29, 0.717) is 6.61 Å². The zero-order valence-corrected chi connectivity index (χ0v) is 20.8. The number of rotatable bonds is 9. The Bertz CT molecular complexity index is 192. The Morgan fingerprint density at radius 2 is 1.20 bits per heavy atom. The molecule has 2 atom stereocenters. The maximum atomic E-state index is 9.24. The Morgan fingerprint density at radius 3 is 1.45 bits per heavy atom. The first-order chi connectivity index (χ1) is 8.04. The quantitative estimate of drug-likeness (QED) is 0.250. The van der Waals surface area contributed by atoms with Crippen LogP contribution >= 0.6 is 16.5 Å². The summed E-state index contributed by atoms with van der Waals surface area (Å²) in [5.74, 6) is 0. The minimum atomic E-state index is -3.24. The summed E-state index contributed by atoms with van der Waals surface area (Å²) in [7, 11) is -6.47. The Morgan fingerprint density at radius 1 is 0.850 bits per heavy atom. The summed E-state index contributed by atoms with van der Waals surface area (Å²) in [5, 5.41) is 8.47.